The number of hydrogen-bond acceptors (Lipinski definition) is 4. The normalized spacial score (nSPS) is 41.2. The number of carbonyl (C=O) groups is 1. The lowest BCUT2D eigenvalue weighted by Gasteiger charge is -2.49. The minimum atomic E-state index is -1.25. The van der Waals surface area contributed by atoms with Gasteiger partial charge in [-0.15, -0.1) is 0 Å². The fourth-order valence-electron chi connectivity index (χ4n) is 6.47. The highest BCUT2D eigenvalue weighted by Crippen LogP contribution is 2.56. The van der Waals surface area contributed by atoms with Crippen molar-refractivity contribution in [1.82, 2.24) is 5.32 Å². The van der Waals surface area contributed by atoms with Crippen molar-refractivity contribution in [1.29, 1.82) is 0 Å². The van der Waals surface area contributed by atoms with Crippen molar-refractivity contribution >= 4 is 5.91 Å². The molecule has 0 radical (unpaired) electrons. The van der Waals surface area contributed by atoms with Gasteiger partial charge in [0.2, 0.25) is 5.91 Å². The fraction of sp³-hybridized carbons (Fsp3) is 0.536. The second-order valence-electron chi connectivity index (χ2n) is 10.7. The van der Waals surface area contributed by atoms with Crippen LogP contribution >= 0.6 is 0 Å². The summed E-state index contributed by atoms with van der Waals surface area (Å²) in [6.07, 6.45) is 7.05. The van der Waals surface area contributed by atoms with Gasteiger partial charge in [-0.2, -0.15) is 0 Å². The molecule has 4 N–H and O–H groups in total. The minimum Gasteiger partial charge on any atom is -0.388 e. The van der Waals surface area contributed by atoms with Crippen LogP contribution in [0.3, 0.4) is 0 Å². The van der Waals surface area contributed by atoms with E-state index in [4.69, 9.17) is 0 Å². The molecule has 1 heterocycles. The zero-order valence-corrected chi connectivity index (χ0v) is 20.0. The number of aliphatic hydroxyl groups excluding tert-OH is 2. The summed E-state index contributed by atoms with van der Waals surface area (Å²) in [7, 11) is 0. The lowest BCUT2D eigenvalue weighted by atomic mass is 9.54. The first-order valence-corrected chi connectivity index (χ1v) is 12.0. The molecule has 1 fully saturated rings. The molecular formula is C28H37NO4. The summed E-state index contributed by atoms with van der Waals surface area (Å²) < 4.78 is 0. The van der Waals surface area contributed by atoms with Crippen molar-refractivity contribution < 1.29 is 20.1 Å². The van der Waals surface area contributed by atoms with Gasteiger partial charge in [0.05, 0.1) is 23.2 Å². The molecule has 8 unspecified atom stereocenters. The van der Waals surface area contributed by atoms with Crippen LogP contribution in [0.2, 0.25) is 0 Å². The minimum absolute atomic E-state index is 0.203. The number of carbonyl (C=O) groups excluding carboxylic acids is 1. The Morgan fingerprint density at radius 1 is 1.09 bits per heavy atom. The monoisotopic (exact) mass is 451 g/mol. The van der Waals surface area contributed by atoms with Gasteiger partial charge in [-0.3, -0.25) is 4.79 Å². The Morgan fingerprint density at radius 2 is 1.79 bits per heavy atom. The van der Waals surface area contributed by atoms with Crippen LogP contribution in [0.4, 0.5) is 0 Å². The van der Waals surface area contributed by atoms with E-state index in [1.807, 2.05) is 56.3 Å². The van der Waals surface area contributed by atoms with Crippen LogP contribution in [0.15, 0.2) is 65.8 Å². The summed E-state index contributed by atoms with van der Waals surface area (Å²) in [5, 5.41) is 37.0. The van der Waals surface area contributed by atoms with E-state index < -0.39 is 29.1 Å². The third kappa shape index (κ3) is 4.11. The number of aliphatic hydroxyl groups is 3. The lowest BCUT2D eigenvalue weighted by Crippen LogP contribution is -2.57. The Balaban J connectivity index is 1.87. The Hall–Kier alpha value is -2.21. The second-order valence-corrected chi connectivity index (χ2v) is 10.7. The van der Waals surface area contributed by atoms with E-state index >= 15 is 0 Å². The van der Waals surface area contributed by atoms with Crippen molar-refractivity contribution in [2.75, 3.05) is 0 Å². The van der Waals surface area contributed by atoms with Gasteiger partial charge in [-0.05, 0) is 57.1 Å². The second kappa shape index (κ2) is 8.86. The highest BCUT2D eigenvalue weighted by molar-refractivity contribution is 5.89. The average molecular weight is 452 g/mol. The Morgan fingerprint density at radius 3 is 2.48 bits per heavy atom. The SMILES string of the molecule is CC1=C(C)C2C(Cc3ccccc3)NC(=O)C23C(O)C=CC(C)(O)CC(C)CC=CC3C1O. The predicted octanol–water partition coefficient (Wildman–Crippen LogP) is 3.31. The van der Waals surface area contributed by atoms with E-state index in [1.54, 1.807) is 19.1 Å². The third-order valence-electron chi connectivity index (χ3n) is 8.12. The number of hydrogen-bond donors (Lipinski definition) is 4. The average Bonchev–Trinajstić information content (AvgIpc) is 3.04. The standard InChI is InChI=1S/C28H37NO4/c1-17-9-8-12-21-25(31)19(3)18(2)24-22(15-20-10-6-5-7-11-20)29-26(32)28(21,24)23(30)13-14-27(4,33)16-17/h5-8,10-14,17,21-25,30-31,33H,9,15-16H2,1-4H3,(H,29,32). The predicted molar refractivity (Wildman–Crippen MR) is 129 cm³/mol. The lowest BCUT2D eigenvalue weighted by molar-refractivity contribution is -0.141. The topological polar surface area (TPSA) is 89.8 Å². The highest BCUT2D eigenvalue weighted by Gasteiger charge is 2.65. The molecule has 8 atom stereocenters. The highest BCUT2D eigenvalue weighted by atomic mass is 16.3. The number of allylic oxidation sites excluding steroid dienone is 1. The molecule has 0 bridgehead atoms. The summed E-state index contributed by atoms with van der Waals surface area (Å²) in [5.74, 6) is -0.879. The molecule has 1 aliphatic heterocycles. The van der Waals surface area contributed by atoms with Crippen LogP contribution in [0.5, 0.6) is 0 Å². The third-order valence-corrected chi connectivity index (χ3v) is 8.12. The van der Waals surface area contributed by atoms with Crippen LogP contribution in [0, 0.1) is 23.2 Å². The van der Waals surface area contributed by atoms with Gasteiger partial charge in [0, 0.05) is 17.9 Å². The van der Waals surface area contributed by atoms with Crippen molar-refractivity contribution in [3.8, 4) is 0 Å². The first-order valence-electron chi connectivity index (χ1n) is 12.0. The molecule has 0 aromatic heterocycles. The van der Waals surface area contributed by atoms with Gasteiger partial charge < -0.3 is 20.6 Å². The number of nitrogens with one attached hydrogen (secondary N) is 1. The molecule has 0 saturated carbocycles. The quantitative estimate of drug-likeness (QED) is 0.520. The van der Waals surface area contributed by atoms with Crippen molar-refractivity contribution in [2.24, 2.45) is 23.2 Å². The van der Waals surface area contributed by atoms with E-state index in [0.717, 1.165) is 23.1 Å². The van der Waals surface area contributed by atoms with E-state index in [9.17, 15) is 20.1 Å². The van der Waals surface area contributed by atoms with Gasteiger partial charge in [-0.1, -0.05) is 67.1 Å². The van der Waals surface area contributed by atoms with E-state index in [1.165, 1.54) is 0 Å². The zero-order chi connectivity index (χ0) is 24.0. The molecule has 5 heteroatoms. The van der Waals surface area contributed by atoms with Crippen molar-refractivity contribution in [2.45, 2.75) is 70.8 Å². The maximum Gasteiger partial charge on any atom is 0.230 e. The molecule has 1 spiro atoms. The molecule has 178 valence electrons. The molecule has 3 aliphatic rings. The zero-order valence-electron chi connectivity index (χ0n) is 20.0. The molecular weight excluding hydrogens is 414 g/mol. The Labute approximate surface area is 196 Å². The molecule has 1 aromatic carbocycles. The summed E-state index contributed by atoms with van der Waals surface area (Å²) >= 11 is 0. The van der Waals surface area contributed by atoms with Crippen LogP contribution in [-0.4, -0.2) is 45.1 Å². The van der Waals surface area contributed by atoms with E-state index in [2.05, 4.69) is 12.2 Å². The maximum atomic E-state index is 13.8. The number of benzene rings is 1. The fourth-order valence-corrected chi connectivity index (χ4v) is 6.47. The molecule has 4 rings (SSSR count). The smallest absolute Gasteiger partial charge is 0.230 e. The summed E-state index contributed by atoms with van der Waals surface area (Å²) in [6.45, 7) is 7.72. The largest absolute Gasteiger partial charge is 0.388 e. The number of amides is 1. The van der Waals surface area contributed by atoms with Gasteiger partial charge in [0.25, 0.3) is 0 Å². The Bertz CT molecular complexity index is 979. The molecule has 1 amide bonds. The van der Waals surface area contributed by atoms with Crippen LogP contribution in [-0.2, 0) is 11.2 Å². The van der Waals surface area contributed by atoms with Crippen LogP contribution in [0.25, 0.3) is 0 Å². The Kier molecular flexibility index (Phi) is 6.43. The maximum absolute atomic E-state index is 13.8. The molecule has 5 nitrogen and oxygen atoms in total. The summed E-state index contributed by atoms with van der Waals surface area (Å²) in [6, 6.07) is 9.83. The first-order chi connectivity index (χ1) is 15.6. The van der Waals surface area contributed by atoms with Crippen LogP contribution in [0.1, 0.15) is 46.1 Å². The van der Waals surface area contributed by atoms with Crippen LogP contribution < -0.4 is 5.32 Å². The van der Waals surface area contributed by atoms with Crippen molar-refractivity contribution in [3.05, 3.63) is 71.3 Å². The number of rotatable bonds is 2. The van der Waals surface area contributed by atoms with E-state index in [0.29, 0.717) is 12.8 Å². The van der Waals surface area contributed by atoms with Gasteiger partial charge in [-0.25, -0.2) is 0 Å². The molecule has 2 aliphatic carbocycles. The molecule has 1 saturated heterocycles. The molecule has 1 aromatic rings. The van der Waals surface area contributed by atoms with Gasteiger partial charge in [0.15, 0.2) is 0 Å². The van der Waals surface area contributed by atoms with Gasteiger partial charge in [0.1, 0.15) is 0 Å². The first kappa shape index (κ1) is 23.9. The summed E-state index contributed by atoms with van der Waals surface area (Å²) in [5.41, 5.74) is 0.591. The van der Waals surface area contributed by atoms with Gasteiger partial charge >= 0.3 is 0 Å². The molecule has 33 heavy (non-hydrogen) atoms. The summed E-state index contributed by atoms with van der Waals surface area (Å²) in [4.78, 5) is 13.8. The van der Waals surface area contributed by atoms with E-state index in [-0.39, 0.29) is 23.8 Å². The van der Waals surface area contributed by atoms with Crippen molar-refractivity contribution in [3.63, 3.8) is 0 Å².